The standard InChI is InChI=1S/C22H38O3/c1-6-15(2)16(3)17-7-9-18(10-8-17)21(19-11-12-19)23-13-20-14-24-22(4,5)25-20/h15,18-21H,6-14H2,1-5H3. The molecule has 3 heteroatoms. The lowest BCUT2D eigenvalue weighted by atomic mass is 9.78. The summed E-state index contributed by atoms with van der Waals surface area (Å²) in [6.07, 6.45) is 9.67. The quantitative estimate of drug-likeness (QED) is 0.569. The van der Waals surface area contributed by atoms with E-state index in [1.54, 1.807) is 11.1 Å². The first-order valence-electron chi connectivity index (χ1n) is 10.5. The molecule has 0 N–H and O–H groups in total. The van der Waals surface area contributed by atoms with Gasteiger partial charge in [-0.05, 0) is 83.5 Å². The molecule has 144 valence electrons. The van der Waals surface area contributed by atoms with Crippen molar-refractivity contribution in [2.75, 3.05) is 13.2 Å². The first-order chi connectivity index (χ1) is 11.9. The molecule has 0 spiro atoms. The molecule has 0 aromatic heterocycles. The fourth-order valence-electron chi connectivity index (χ4n) is 4.51. The molecule has 1 saturated heterocycles. The van der Waals surface area contributed by atoms with E-state index in [1.807, 2.05) is 13.8 Å². The van der Waals surface area contributed by atoms with Crippen molar-refractivity contribution < 1.29 is 14.2 Å². The Morgan fingerprint density at radius 1 is 1.16 bits per heavy atom. The summed E-state index contributed by atoms with van der Waals surface area (Å²) in [6, 6.07) is 0. The summed E-state index contributed by atoms with van der Waals surface area (Å²) >= 11 is 0. The molecule has 3 rings (SSSR count). The van der Waals surface area contributed by atoms with Crippen molar-refractivity contribution in [1.29, 1.82) is 0 Å². The van der Waals surface area contributed by atoms with Crippen LogP contribution in [-0.4, -0.2) is 31.2 Å². The Morgan fingerprint density at radius 3 is 2.32 bits per heavy atom. The molecule has 2 saturated carbocycles. The molecule has 2 aliphatic carbocycles. The van der Waals surface area contributed by atoms with Crippen LogP contribution in [0.3, 0.4) is 0 Å². The van der Waals surface area contributed by atoms with E-state index in [-0.39, 0.29) is 6.10 Å². The van der Waals surface area contributed by atoms with Gasteiger partial charge in [-0.2, -0.15) is 0 Å². The van der Waals surface area contributed by atoms with Crippen LogP contribution in [0.4, 0.5) is 0 Å². The third-order valence-corrected chi connectivity index (χ3v) is 6.64. The summed E-state index contributed by atoms with van der Waals surface area (Å²) < 4.78 is 18.0. The van der Waals surface area contributed by atoms with E-state index in [0.717, 1.165) is 17.8 Å². The van der Waals surface area contributed by atoms with Crippen molar-refractivity contribution >= 4 is 0 Å². The maximum atomic E-state index is 6.43. The maximum Gasteiger partial charge on any atom is 0.163 e. The van der Waals surface area contributed by atoms with Gasteiger partial charge in [-0.25, -0.2) is 0 Å². The van der Waals surface area contributed by atoms with Gasteiger partial charge < -0.3 is 14.2 Å². The van der Waals surface area contributed by atoms with Crippen molar-refractivity contribution in [3.05, 3.63) is 11.1 Å². The van der Waals surface area contributed by atoms with Gasteiger partial charge in [0.05, 0.1) is 19.3 Å². The zero-order valence-corrected chi connectivity index (χ0v) is 17.0. The maximum absolute atomic E-state index is 6.43. The van der Waals surface area contributed by atoms with Crippen LogP contribution in [0, 0.1) is 17.8 Å². The first kappa shape index (κ1) is 19.4. The second kappa shape index (κ2) is 8.10. The van der Waals surface area contributed by atoms with Crippen LogP contribution in [0.25, 0.3) is 0 Å². The molecule has 0 amide bonds. The highest BCUT2D eigenvalue weighted by atomic mass is 16.7. The minimum absolute atomic E-state index is 0.0999. The van der Waals surface area contributed by atoms with Crippen LogP contribution >= 0.6 is 0 Å². The van der Waals surface area contributed by atoms with Crippen molar-refractivity contribution in [2.45, 2.75) is 97.6 Å². The summed E-state index contributed by atoms with van der Waals surface area (Å²) in [4.78, 5) is 0. The van der Waals surface area contributed by atoms with Gasteiger partial charge in [0.25, 0.3) is 0 Å². The van der Waals surface area contributed by atoms with Crippen LogP contribution in [0.5, 0.6) is 0 Å². The van der Waals surface area contributed by atoms with E-state index in [2.05, 4.69) is 20.8 Å². The average Bonchev–Trinajstić information content (AvgIpc) is 3.38. The van der Waals surface area contributed by atoms with Crippen LogP contribution < -0.4 is 0 Å². The van der Waals surface area contributed by atoms with E-state index in [0.29, 0.717) is 19.3 Å². The van der Waals surface area contributed by atoms with Crippen LogP contribution in [0.15, 0.2) is 11.1 Å². The number of rotatable bonds is 7. The van der Waals surface area contributed by atoms with Gasteiger partial charge in [-0.1, -0.05) is 25.0 Å². The lowest BCUT2D eigenvalue weighted by Gasteiger charge is -2.33. The average molecular weight is 351 g/mol. The molecule has 25 heavy (non-hydrogen) atoms. The molecular weight excluding hydrogens is 312 g/mol. The second-order valence-corrected chi connectivity index (χ2v) is 9.02. The molecule has 0 radical (unpaired) electrons. The molecule has 0 bridgehead atoms. The Kier molecular flexibility index (Phi) is 6.28. The van der Waals surface area contributed by atoms with Crippen molar-refractivity contribution in [3.8, 4) is 0 Å². The van der Waals surface area contributed by atoms with E-state index in [1.165, 1.54) is 44.9 Å². The molecule has 3 atom stereocenters. The normalized spacial score (nSPS) is 31.8. The number of hydrogen-bond donors (Lipinski definition) is 0. The third-order valence-electron chi connectivity index (χ3n) is 6.64. The Balaban J connectivity index is 1.51. The highest BCUT2D eigenvalue weighted by molar-refractivity contribution is 5.16. The van der Waals surface area contributed by atoms with Crippen molar-refractivity contribution in [2.24, 2.45) is 17.8 Å². The largest absolute Gasteiger partial charge is 0.375 e. The molecule has 3 nitrogen and oxygen atoms in total. The van der Waals surface area contributed by atoms with Gasteiger partial charge in [-0.15, -0.1) is 0 Å². The zero-order chi connectivity index (χ0) is 18.0. The predicted molar refractivity (Wildman–Crippen MR) is 101 cm³/mol. The smallest absolute Gasteiger partial charge is 0.163 e. The van der Waals surface area contributed by atoms with Gasteiger partial charge in [0.15, 0.2) is 5.79 Å². The van der Waals surface area contributed by atoms with Gasteiger partial charge in [-0.3, -0.25) is 0 Å². The molecule has 3 aliphatic rings. The molecule has 1 aliphatic heterocycles. The Morgan fingerprint density at radius 2 is 1.80 bits per heavy atom. The van der Waals surface area contributed by atoms with Gasteiger partial charge in [0.1, 0.15) is 6.10 Å². The van der Waals surface area contributed by atoms with E-state index in [9.17, 15) is 0 Å². The van der Waals surface area contributed by atoms with Crippen LogP contribution in [-0.2, 0) is 14.2 Å². The summed E-state index contributed by atoms with van der Waals surface area (Å²) in [6.45, 7) is 12.4. The first-order valence-corrected chi connectivity index (χ1v) is 10.5. The molecule has 3 unspecified atom stereocenters. The molecule has 0 aromatic carbocycles. The summed E-state index contributed by atoms with van der Waals surface area (Å²) in [5.74, 6) is 1.82. The van der Waals surface area contributed by atoms with Crippen molar-refractivity contribution in [1.82, 2.24) is 0 Å². The van der Waals surface area contributed by atoms with E-state index >= 15 is 0 Å². The van der Waals surface area contributed by atoms with E-state index in [4.69, 9.17) is 14.2 Å². The highest BCUT2D eigenvalue weighted by Gasteiger charge is 2.40. The molecule has 1 heterocycles. The van der Waals surface area contributed by atoms with Crippen LogP contribution in [0.2, 0.25) is 0 Å². The fourth-order valence-corrected chi connectivity index (χ4v) is 4.51. The number of ether oxygens (including phenoxy) is 3. The van der Waals surface area contributed by atoms with Gasteiger partial charge >= 0.3 is 0 Å². The van der Waals surface area contributed by atoms with E-state index < -0.39 is 5.79 Å². The van der Waals surface area contributed by atoms with Gasteiger partial charge in [0, 0.05) is 0 Å². The van der Waals surface area contributed by atoms with Crippen LogP contribution in [0.1, 0.15) is 79.6 Å². The minimum atomic E-state index is -0.443. The Bertz CT molecular complexity index is 468. The number of hydrogen-bond acceptors (Lipinski definition) is 3. The Hall–Kier alpha value is -0.380. The lowest BCUT2D eigenvalue weighted by molar-refractivity contribution is -0.150. The SMILES string of the molecule is CCC(C)C(C)=C1CCC(C(OCC2COC(C)(C)O2)C2CC2)CC1. The third kappa shape index (κ3) is 5.08. The molecule has 0 aromatic rings. The summed E-state index contributed by atoms with van der Waals surface area (Å²) in [5.41, 5.74) is 3.39. The topological polar surface area (TPSA) is 27.7 Å². The summed E-state index contributed by atoms with van der Waals surface area (Å²) in [5, 5.41) is 0. The Labute approximate surface area is 154 Å². The lowest BCUT2D eigenvalue weighted by Crippen LogP contribution is -2.33. The monoisotopic (exact) mass is 350 g/mol. The molecular formula is C22H38O3. The fraction of sp³-hybridized carbons (Fsp3) is 0.909. The minimum Gasteiger partial charge on any atom is -0.375 e. The summed E-state index contributed by atoms with van der Waals surface area (Å²) in [7, 11) is 0. The second-order valence-electron chi connectivity index (χ2n) is 9.02. The molecule has 3 fully saturated rings. The van der Waals surface area contributed by atoms with Gasteiger partial charge in [0.2, 0.25) is 0 Å². The zero-order valence-electron chi connectivity index (χ0n) is 17.0. The predicted octanol–water partition coefficient (Wildman–Crippen LogP) is 5.49. The number of allylic oxidation sites excluding steroid dienone is 2. The highest BCUT2D eigenvalue weighted by Crippen LogP contribution is 2.44. The van der Waals surface area contributed by atoms with Crippen molar-refractivity contribution in [3.63, 3.8) is 0 Å².